The molecule has 0 aromatic rings. The van der Waals surface area contributed by atoms with E-state index in [9.17, 15) is 0 Å². The molecule has 0 radical (unpaired) electrons. The van der Waals surface area contributed by atoms with E-state index in [2.05, 4.69) is 17.3 Å². The van der Waals surface area contributed by atoms with Crippen molar-refractivity contribution in [2.75, 3.05) is 33.4 Å². The maximum atomic E-state index is 5.59. The fraction of sp³-hybridized carbons (Fsp3) is 1.00. The Hall–Kier alpha value is -0.120. The van der Waals surface area contributed by atoms with Crippen LogP contribution in [0.2, 0.25) is 0 Å². The molecule has 3 rings (SSSR count). The van der Waals surface area contributed by atoms with Gasteiger partial charge in [-0.1, -0.05) is 38.5 Å². The van der Waals surface area contributed by atoms with Crippen LogP contribution in [-0.4, -0.2) is 49.8 Å². The Balaban J connectivity index is 1.72. The zero-order valence-electron chi connectivity index (χ0n) is 13.2. The fourth-order valence-electron chi connectivity index (χ4n) is 5.07. The summed E-state index contributed by atoms with van der Waals surface area (Å²) in [6, 6.07) is 0.686. The highest BCUT2D eigenvalue weighted by atomic mass is 16.5. The largest absolute Gasteiger partial charge is 0.379 e. The van der Waals surface area contributed by atoms with Gasteiger partial charge in [0.05, 0.1) is 13.2 Å². The molecule has 0 bridgehead atoms. The van der Waals surface area contributed by atoms with Crippen LogP contribution in [0.4, 0.5) is 0 Å². The molecular weight excluding hydrogens is 248 g/mol. The number of hydrogen-bond donors (Lipinski definition) is 1. The number of ether oxygens (including phenoxy) is 1. The van der Waals surface area contributed by atoms with E-state index in [-0.39, 0.29) is 0 Å². The predicted octanol–water partition coefficient (Wildman–Crippen LogP) is 2.80. The molecule has 0 amide bonds. The highest BCUT2D eigenvalue weighted by Crippen LogP contribution is 2.42. The summed E-state index contributed by atoms with van der Waals surface area (Å²) in [7, 11) is 2.19. The molecule has 3 nitrogen and oxygen atoms in total. The predicted molar refractivity (Wildman–Crippen MR) is 83.0 cm³/mol. The van der Waals surface area contributed by atoms with Crippen molar-refractivity contribution in [2.45, 2.75) is 69.4 Å². The van der Waals surface area contributed by atoms with Gasteiger partial charge in [-0.05, 0) is 32.2 Å². The first-order valence-electron chi connectivity index (χ1n) is 8.85. The fourth-order valence-corrected chi connectivity index (χ4v) is 5.07. The summed E-state index contributed by atoms with van der Waals surface area (Å²) in [6.07, 6.45) is 12.9. The van der Waals surface area contributed by atoms with Crippen LogP contribution in [0.25, 0.3) is 0 Å². The Morgan fingerprint density at radius 2 is 1.75 bits per heavy atom. The molecule has 2 saturated carbocycles. The van der Waals surface area contributed by atoms with E-state index in [1.807, 2.05) is 0 Å². The van der Waals surface area contributed by atoms with Gasteiger partial charge in [0.15, 0.2) is 0 Å². The lowest BCUT2D eigenvalue weighted by Crippen LogP contribution is -2.62. The first-order valence-corrected chi connectivity index (χ1v) is 8.85. The molecule has 2 aliphatic carbocycles. The van der Waals surface area contributed by atoms with E-state index in [0.29, 0.717) is 11.6 Å². The van der Waals surface area contributed by atoms with Crippen LogP contribution in [-0.2, 0) is 4.74 Å². The molecule has 3 heteroatoms. The summed E-state index contributed by atoms with van der Waals surface area (Å²) in [5.74, 6) is 0.978. The maximum Gasteiger partial charge on any atom is 0.0594 e. The lowest BCUT2D eigenvalue weighted by atomic mass is 9.80. The molecule has 0 spiro atoms. The van der Waals surface area contributed by atoms with Crippen LogP contribution in [0, 0.1) is 5.92 Å². The van der Waals surface area contributed by atoms with Crippen molar-refractivity contribution >= 4 is 0 Å². The van der Waals surface area contributed by atoms with Gasteiger partial charge >= 0.3 is 0 Å². The Kier molecular flexibility index (Phi) is 5.00. The maximum absolute atomic E-state index is 5.59. The molecule has 116 valence electrons. The van der Waals surface area contributed by atoms with Crippen molar-refractivity contribution in [2.24, 2.45) is 5.92 Å². The molecule has 0 aromatic carbocycles. The Morgan fingerprint density at radius 3 is 2.35 bits per heavy atom. The van der Waals surface area contributed by atoms with E-state index < -0.39 is 0 Å². The SMILES string of the molecule is CNC(CC1CCCC1)C1(N2CCOCC2)CCCC1. The van der Waals surface area contributed by atoms with Crippen LogP contribution in [0.1, 0.15) is 57.8 Å². The van der Waals surface area contributed by atoms with Crippen LogP contribution < -0.4 is 5.32 Å². The molecule has 1 aliphatic heterocycles. The zero-order valence-corrected chi connectivity index (χ0v) is 13.2. The minimum Gasteiger partial charge on any atom is -0.379 e. The van der Waals surface area contributed by atoms with E-state index >= 15 is 0 Å². The molecule has 3 fully saturated rings. The Morgan fingerprint density at radius 1 is 1.10 bits per heavy atom. The quantitative estimate of drug-likeness (QED) is 0.838. The molecule has 0 aromatic heterocycles. The number of nitrogens with zero attached hydrogens (tertiary/aromatic N) is 1. The number of morpholine rings is 1. The lowest BCUT2D eigenvalue weighted by molar-refractivity contribution is -0.0378. The molecule has 1 saturated heterocycles. The average Bonchev–Trinajstić information content (AvgIpc) is 3.18. The van der Waals surface area contributed by atoms with Crippen LogP contribution in [0.15, 0.2) is 0 Å². The normalized spacial score (nSPS) is 29.9. The minimum absolute atomic E-state index is 0.432. The number of nitrogens with one attached hydrogen (secondary N) is 1. The van der Waals surface area contributed by atoms with Crippen LogP contribution >= 0.6 is 0 Å². The summed E-state index contributed by atoms with van der Waals surface area (Å²) in [6.45, 7) is 4.15. The monoisotopic (exact) mass is 280 g/mol. The van der Waals surface area contributed by atoms with E-state index in [0.717, 1.165) is 32.2 Å². The number of hydrogen-bond acceptors (Lipinski definition) is 3. The van der Waals surface area contributed by atoms with Crippen molar-refractivity contribution in [3.05, 3.63) is 0 Å². The molecule has 3 aliphatic rings. The van der Waals surface area contributed by atoms with E-state index in [1.165, 1.54) is 57.8 Å². The third kappa shape index (κ3) is 2.90. The van der Waals surface area contributed by atoms with Crippen molar-refractivity contribution in [3.8, 4) is 0 Å². The summed E-state index contributed by atoms with van der Waals surface area (Å²) < 4.78 is 5.59. The summed E-state index contributed by atoms with van der Waals surface area (Å²) in [5.41, 5.74) is 0.432. The Labute approximate surface area is 124 Å². The van der Waals surface area contributed by atoms with Crippen molar-refractivity contribution < 1.29 is 4.74 Å². The smallest absolute Gasteiger partial charge is 0.0594 e. The van der Waals surface area contributed by atoms with Crippen LogP contribution in [0.5, 0.6) is 0 Å². The second-order valence-corrected chi connectivity index (χ2v) is 7.14. The van der Waals surface area contributed by atoms with Crippen molar-refractivity contribution in [1.82, 2.24) is 10.2 Å². The molecule has 1 atom stereocenters. The highest BCUT2D eigenvalue weighted by molar-refractivity contribution is 5.04. The number of likely N-dealkylation sites (N-methyl/N-ethyl adjacent to an activating group) is 1. The second-order valence-electron chi connectivity index (χ2n) is 7.14. The van der Waals surface area contributed by atoms with Gasteiger partial charge in [0.2, 0.25) is 0 Å². The lowest BCUT2D eigenvalue weighted by Gasteiger charge is -2.49. The molecule has 1 unspecified atom stereocenters. The molecule has 1 N–H and O–H groups in total. The third-order valence-electron chi connectivity index (χ3n) is 6.15. The molecule has 1 heterocycles. The van der Waals surface area contributed by atoms with E-state index in [1.54, 1.807) is 0 Å². The van der Waals surface area contributed by atoms with Gasteiger partial charge in [0.25, 0.3) is 0 Å². The first-order chi connectivity index (χ1) is 9.85. The van der Waals surface area contributed by atoms with Gasteiger partial charge in [-0.2, -0.15) is 0 Å². The van der Waals surface area contributed by atoms with Gasteiger partial charge in [-0.25, -0.2) is 0 Å². The zero-order chi connectivity index (χ0) is 13.8. The van der Waals surface area contributed by atoms with E-state index in [4.69, 9.17) is 4.74 Å². The topological polar surface area (TPSA) is 24.5 Å². The summed E-state index contributed by atoms with van der Waals surface area (Å²) >= 11 is 0. The van der Waals surface area contributed by atoms with Gasteiger partial charge < -0.3 is 10.1 Å². The molecular formula is C17H32N2O. The number of rotatable bonds is 5. The van der Waals surface area contributed by atoms with Crippen molar-refractivity contribution in [1.29, 1.82) is 0 Å². The van der Waals surface area contributed by atoms with Crippen LogP contribution in [0.3, 0.4) is 0 Å². The first kappa shape index (κ1) is 14.8. The third-order valence-corrected chi connectivity index (χ3v) is 6.15. The Bertz CT molecular complexity index is 289. The van der Waals surface area contributed by atoms with Gasteiger partial charge in [-0.3, -0.25) is 4.90 Å². The highest BCUT2D eigenvalue weighted by Gasteiger charge is 2.46. The van der Waals surface area contributed by atoms with Gasteiger partial charge in [-0.15, -0.1) is 0 Å². The van der Waals surface area contributed by atoms with Crippen molar-refractivity contribution in [3.63, 3.8) is 0 Å². The second kappa shape index (κ2) is 6.76. The average molecular weight is 280 g/mol. The minimum atomic E-state index is 0.432. The van der Waals surface area contributed by atoms with Gasteiger partial charge in [0.1, 0.15) is 0 Å². The standard InChI is InChI=1S/C17H32N2O/c1-18-16(14-15-6-2-3-7-15)17(8-4-5-9-17)19-10-12-20-13-11-19/h15-16,18H,2-14H2,1H3. The summed E-state index contributed by atoms with van der Waals surface area (Å²) in [4.78, 5) is 2.78. The van der Waals surface area contributed by atoms with Gasteiger partial charge in [0, 0.05) is 24.7 Å². The summed E-state index contributed by atoms with van der Waals surface area (Å²) in [5, 5.41) is 3.73. The molecule has 20 heavy (non-hydrogen) atoms.